The van der Waals surface area contributed by atoms with Gasteiger partial charge in [0.15, 0.2) is 0 Å². The van der Waals surface area contributed by atoms with Gasteiger partial charge in [-0.15, -0.1) is 11.8 Å². The van der Waals surface area contributed by atoms with Gasteiger partial charge in [-0.05, 0) is 18.1 Å². The van der Waals surface area contributed by atoms with Crippen LogP contribution in [-0.4, -0.2) is 5.75 Å². The molecule has 0 unspecified atom stereocenters. The van der Waals surface area contributed by atoms with E-state index in [1.807, 2.05) is 0 Å². The van der Waals surface area contributed by atoms with Gasteiger partial charge >= 0.3 is 0 Å². The molecule has 0 aromatic heterocycles. The van der Waals surface area contributed by atoms with Crippen molar-refractivity contribution in [3.63, 3.8) is 0 Å². The van der Waals surface area contributed by atoms with Crippen LogP contribution in [-0.2, 0) is 0 Å². The van der Waals surface area contributed by atoms with Gasteiger partial charge in [-0.1, -0.05) is 25.4 Å². The molecule has 0 heterocycles. The van der Waals surface area contributed by atoms with Crippen molar-refractivity contribution in [1.82, 2.24) is 0 Å². The normalized spacial score (nSPS) is 10.9. The molecule has 1 rings (SSSR count). The predicted molar refractivity (Wildman–Crippen MR) is 61.4 cm³/mol. The molecular formula is C10H13ClFNS. The Morgan fingerprint density at radius 2 is 2.14 bits per heavy atom. The van der Waals surface area contributed by atoms with Gasteiger partial charge in [0.1, 0.15) is 5.82 Å². The highest BCUT2D eigenvalue weighted by molar-refractivity contribution is 7.99. The molecule has 0 aliphatic heterocycles. The van der Waals surface area contributed by atoms with Crippen molar-refractivity contribution in [1.29, 1.82) is 0 Å². The number of hydrogen-bond donors (Lipinski definition) is 1. The van der Waals surface area contributed by atoms with E-state index in [0.29, 0.717) is 11.6 Å². The minimum Gasteiger partial charge on any atom is -0.398 e. The minimum atomic E-state index is -0.410. The molecule has 0 saturated carbocycles. The van der Waals surface area contributed by atoms with Gasteiger partial charge in [-0.3, -0.25) is 0 Å². The summed E-state index contributed by atoms with van der Waals surface area (Å²) in [5.74, 6) is 1.07. The molecule has 0 fully saturated rings. The van der Waals surface area contributed by atoms with Gasteiger partial charge in [-0.2, -0.15) is 0 Å². The Morgan fingerprint density at radius 1 is 1.50 bits per heavy atom. The van der Waals surface area contributed by atoms with E-state index in [0.717, 1.165) is 10.6 Å². The van der Waals surface area contributed by atoms with E-state index < -0.39 is 5.82 Å². The first-order valence-corrected chi connectivity index (χ1v) is 5.74. The van der Waals surface area contributed by atoms with Crippen molar-refractivity contribution in [3.05, 3.63) is 23.0 Å². The van der Waals surface area contributed by atoms with Gasteiger partial charge < -0.3 is 5.73 Å². The van der Waals surface area contributed by atoms with Gasteiger partial charge in [0.2, 0.25) is 0 Å². The summed E-state index contributed by atoms with van der Waals surface area (Å²) in [7, 11) is 0. The number of rotatable bonds is 3. The van der Waals surface area contributed by atoms with Crippen LogP contribution in [0.1, 0.15) is 13.8 Å². The molecule has 1 nitrogen and oxygen atoms in total. The van der Waals surface area contributed by atoms with Gasteiger partial charge in [-0.25, -0.2) is 4.39 Å². The molecule has 0 aliphatic carbocycles. The van der Waals surface area contributed by atoms with Crippen LogP contribution in [0.4, 0.5) is 10.1 Å². The van der Waals surface area contributed by atoms with Crippen molar-refractivity contribution in [2.75, 3.05) is 11.5 Å². The molecule has 0 saturated heterocycles. The lowest BCUT2D eigenvalue weighted by Gasteiger charge is -2.08. The maximum atomic E-state index is 13.1. The number of nitrogens with two attached hydrogens (primary N) is 1. The van der Waals surface area contributed by atoms with E-state index >= 15 is 0 Å². The first-order valence-electron chi connectivity index (χ1n) is 4.38. The number of nitrogen functional groups attached to an aromatic ring is 1. The molecule has 0 atom stereocenters. The third-order valence-electron chi connectivity index (χ3n) is 1.62. The van der Waals surface area contributed by atoms with Crippen LogP contribution >= 0.6 is 23.4 Å². The smallest absolute Gasteiger partial charge is 0.143 e. The Bertz CT molecular complexity index is 328. The van der Waals surface area contributed by atoms with Crippen LogP contribution < -0.4 is 5.73 Å². The molecular weight excluding hydrogens is 221 g/mol. The monoisotopic (exact) mass is 233 g/mol. The Kier molecular flexibility index (Phi) is 4.08. The van der Waals surface area contributed by atoms with Crippen LogP contribution in [0.3, 0.4) is 0 Å². The maximum Gasteiger partial charge on any atom is 0.143 e. The Morgan fingerprint density at radius 3 is 2.71 bits per heavy atom. The van der Waals surface area contributed by atoms with Crippen molar-refractivity contribution in [2.45, 2.75) is 18.7 Å². The molecule has 0 amide bonds. The highest BCUT2D eigenvalue weighted by Gasteiger charge is 2.07. The van der Waals surface area contributed by atoms with E-state index in [-0.39, 0.29) is 5.02 Å². The topological polar surface area (TPSA) is 26.0 Å². The van der Waals surface area contributed by atoms with Crippen LogP contribution in [0.2, 0.25) is 5.02 Å². The highest BCUT2D eigenvalue weighted by atomic mass is 35.5. The molecule has 0 aliphatic rings. The van der Waals surface area contributed by atoms with Crippen molar-refractivity contribution >= 4 is 29.1 Å². The number of hydrogen-bond acceptors (Lipinski definition) is 2. The number of anilines is 1. The summed E-state index contributed by atoms with van der Waals surface area (Å²) >= 11 is 7.14. The fourth-order valence-electron chi connectivity index (χ4n) is 0.925. The molecule has 1 aromatic carbocycles. The number of benzene rings is 1. The zero-order valence-corrected chi connectivity index (χ0v) is 9.75. The van der Waals surface area contributed by atoms with Gasteiger partial charge in [0.05, 0.1) is 5.02 Å². The third kappa shape index (κ3) is 3.07. The second kappa shape index (κ2) is 4.89. The summed E-state index contributed by atoms with van der Waals surface area (Å²) in [6.45, 7) is 4.21. The fraction of sp³-hybridized carbons (Fsp3) is 0.400. The van der Waals surface area contributed by atoms with Crippen LogP contribution in [0.25, 0.3) is 0 Å². The summed E-state index contributed by atoms with van der Waals surface area (Å²) in [5, 5.41) is 0.0800. The molecule has 0 bridgehead atoms. The lowest BCUT2D eigenvalue weighted by Crippen LogP contribution is -1.95. The second-order valence-electron chi connectivity index (χ2n) is 3.51. The number of halogens is 2. The zero-order chi connectivity index (χ0) is 10.7. The molecule has 0 spiro atoms. The highest BCUT2D eigenvalue weighted by Crippen LogP contribution is 2.30. The van der Waals surface area contributed by atoms with Crippen molar-refractivity contribution in [3.8, 4) is 0 Å². The van der Waals surface area contributed by atoms with E-state index in [9.17, 15) is 4.39 Å². The first-order chi connectivity index (χ1) is 6.50. The van der Waals surface area contributed by atoms with E-state index in [4.69, 9.17) is 17.3 Å². The summed E-state index contributed by atoms with van der Waals surface area (Å²) in [6, 6.07) is 2.85. The second-order valence-corrected chi connectivity index (χ2v) is 4.98. The van der Waals surface area contributed by atoms with Crippen molar-refractivity contribution < 1.29 is 4.39 Å². The standard InChI is InChI=1S/C10H13ClFNS/c1-6(2)5-14-10-4-8(12)7(11)3-9(10)13/h3-4,6H,5,13H2,1-2H3. The molecule has 4 heteroatoms. The maximum absolute atomic E-state index is 13.1. The summed E-state index contributed by atoms with van der Waals surface area (Å²) < 4.78 is 13.1. The Balaban J connectivity index is 2.82. The van der Waals surface area contributed by atoms with Crippen LogP contribution in [0.15, 0.2) is 17.0 Å². The summed E-state index contributed by atoms with van der Waals surface area (Å²) in [5.41, 5.74) is 6.25. The molecule has 0 radical (unpaired) electrons. The predicted octanol–water partition coefficient (Wildman–Crippen LogP) is 3.81. The van der Waals surface area contributed by atoms with E-state index in [2.05, 4.69) is 13.8 Å². The average Bonchev–Trinajstić information content (AvgIpc) is 2.09. The Hall–Kier alpha value is -0.410. The van der Waals surface area contributed by atoms with Gasteiger partial charge in [0, 0.05) is 16.3 Å². The molecule has 14 heavy (non-hydrogen) atoms. The quantitative estimate of drug-likeness (QED) is 0.635. The van der Waals surface area contributed by atoms with E-state index in [1.54, 1.807) is 11.8 Å². The average molecular weight is 234 g/mol. The van der Waals surface area contributed by atoms with Crippen molar-refractivity contribution in [2.24, 2.45) is 5.92 Å². The van der Waals surface area contributed by atoms with Crippen LogP contribution in [0.5, 0.6) is 0 Å². The molecule has 2 N–H and O–H groups in total. The summed E-state index contributed by atoms with van der Waals surface area (Å²) in [4.78, 5) is 0.764. The van der Waals surface area contributed by atoms with E-state index in [1.165, 1.54) is 12.1 Å². The minimum absolute atomic E-state index is 0.0800. The molecule has 78 valence electrons. The zero-order valence-electron chi connectivity index (χ0n) is 8.18. The SMILES string of the molecule is CC(C)CSc1cc(F)c(Cl)cc1N. The first kappa shape index (κ1) is 11.7. The largest absolute Gasteiger partial charge is 0.398 e. The Labute approximate surface area is 92.8 Å². The lowest BCUT2D eigenvalue weighted by atomic mass is 10.3. The third-order valence-corrected chi connectivity index (χ3v) is 3.41. The van der Waals surface area contributed by atoms with Crippen LogP contribution in [0, 0.1) is 11.7 Å². The number of thioether (sulfide) groups is 1. The molecule has 1 aromatic rings. The summed E-state index contributed by atoms with van der Waals surface area (Å²) in [6.07, 6.45) is 0. The fourth-order valence-corrected chi connectivity index (χ4v) is 2.02. The lowest BCUT2D eigenvalue weighted by molar-refractivity contribution is 0.625. The van der Waals surface area contributed by atoms with Gasteiger partial charge in [0.25, 0.3) is 0 Å².